The minimum atomic E-state index is -0.686. The van der Waals surface area contributed by atoms with Gasteiger partial charge in [0, 0.05) is 0 Å². The number of halogens is 1. The van der Waals surface area contributed by atoms with Gasteiger partial charge < -0.3 is 9.31 Å². The van der Waals surface area contributed by atoms with Crippen LogP contribution in [0.5, 0.6) is 0 Å². The molecule has 1 aliphatic rings. The van der Waals surface area contributed by atoms with E-state index in [0.717, 1.165) is 0 Å². The maximum absolute atomic E-state index is 13.2. The molecule has 2 heterocycles. The Hall–Kier alpha value is -0.875. The van der Waals surface area contributed by atoms with Gasteiger partial charge in [0.05, 0.1) is 22.9 Å². The van der Waals surface area contributed by atoms with E-state index in [4.69, 9.17) is 9.31 Å². The van der Waals surface area contributed by atoms with Crippen LogP contribution in [0.4, 0.5) is 4.39 Å². The van der Waals surface area contributed by atoms with Crippen LogP contribution in [0.15, 0.2) is 6.20 Å². The molecule has 6 heteroatoms. The largest absolute Gasteiger partial charge is 0.501 e. The standard InChI is InChI=1S/C9H14BFN2O2/c1-8(2)9(3,4)15-10(14-8)6-5-12-13-7(6)11/h5H,1-4H3,(H,12,13). The van der Waals surface area contributed by atoms with Crippen LogP contribution in [0.1, 0.15) is 27.7 Å². The second-order valence-corrected chi connectivity index (χ2v) is 4.73. The number of H-pyrrole nitrogens is 1. The van der Waals surface area contributed by atoms with E-state index < -0.39 is 24.3 Å². The van der Waals surface area contributed by atoms with E-state index in [1.165, 1.54) is 6.20 Å². The lowest BCUT2D eigenvalue weighted by Crippen LogP contribution is -2.41. The molecule has 1 saturated heterocycles. The summed E-state index contributed by atoms with van der Waals surface area (Å²) in [6.45, 7) is 7.69. The summed E-state index contributed by atoms with van der Waals surface area (Å²) >= 11 is 0. The van der Waals surface area contributed by atoms with Gasteiger partial charge in [0.1, 0.15) is 0 Å². The Morgan fingerprint density at radius 2 is 1.80 bits per heavy atom. The van der Waals surface area contributed by atoms with Gasteiger partial charge in [-0.05, 0) is 27.7 Å². The highest BCUT2D eigenvalue weighted by atomic mass is 19.1. The molecule has 82 valence electrons. The molecule has 0 aromatic carbocycles. The van der Waals surface area contributed by atoms with E-state index in [-0.39, 0.29) is 0 Å². The van der Waals surface area contributed by atoms with E-state index in [2.05, 4.69) is 10.2 Å². The van der Waals surface area contributed by atoms with Crippen molar-refractivity contribution in [2.75, 3.05) is 0 Å². The monoisotopic (exact) mass is 212 g/mol. The molecule has 0 saturated carbocycles. The molecule has 0 aliphatic carbocycles. The van der Waals surface area contributed by atoms with E-state index >= 15 is 0 Å². The van der Waals surface area contributed by atoms with Gasteiger partial charge in [-0.2, -0.15) is 9.49 Å². The molecule has 2 rings (SSSR count). The van der Waals surface area contributed by atoms with Gasteiger partial charge in [0.2, 0.25) is 5.95 Å². The zero-order valence-electron chi connectivity index (χ0n) is 9.30. The topological polar surface area (TPSA) is 47.1 Å². The minimum absolute atomic E-state index is 0.314. The number of hydrogen-bond donors (Lipinski definition) is 1. The maximum Gasteiger partial charge on any atom is 0.501 e. The molecule has 15 heavy (non-hydrogen) atoms. The van der Waals surface area contributed by atoms with Gasteiger partial charge in [-0.3, -0.25) is 5.10 Å². The molecule has 0 atom stereocenters. The Labute approximate surface area is 88.3 Å². The first-order valence-electron chi connectivity index (χ1n) is 4.88. The van der Waals surface area contributed by atoms with Gasteiger partial charge in [-0.15, -0.1) is 0 Å². The first kappa shape index (κ1) is 10.6. The zero-order valence-corrected chi connectivity index (χ0v) is 9.30. The summed E-state index contributed by atoms with van der Waals surface area (Å²) < 4.78 is 24.6. The second kappa shape index (κ2) is 3.06. The Balaban J connectivity index is 2.27. The van der Waals surface area contributed by atoms with Crippen LogP contribution in [0, 0.1) is 5.95 Å². The van der Waals surface area contributed by atoms with Crippen molar-refractivity contribution in [3.63, 3.8) is 0 Å². The van der Waals surface area contributed by atoms with Crippen LogP contribution >= 0.6 is 0 Å². The molecule has 0 spiro atoms. The highest BCUT2D eigenvalue weighted by Gasteiger charge is 2.52. The number of nitrogens with zero attached hydrogens (tertiary/aromatic N) is 1. The number of hydrogen-bond acceptors (Lipinski definition) is 3. The number of nitrogens with one attached hydrogen (secondary N) is 1. The number of aromatic nitrogens is 2. The van der Waals surface area contributed by atoms with Crippen LogP contribution in [0.25, 0.3) is 0 Å². The third kappa shape index (κ3) is 1.57. The Morgan fingerprint density at radius 3 is 2.20 bits per heavy atom. The quantitative estimate of drug-likeness (QED) is 0.702. The molecule has 1 aliphatic heterocycles. The molecule has 1 fully saturated rings. The average molecular weight is 212 g/mol. The van der Waals surface area contributed by atoms with Crippen molar-refractivity contribution in [3.8, 4) is 0 Å². The Morgan fingerprint density at radius 1 is 1.27 bits per heavy atom. The molecule has 0 amide bonds. The smallest absolute Gasteiger partial charge is 0.399 e. The molecule has 0 bridgehead atoms. The summed E-state index contributed by atoms with van der Waals surface area (Å²) in [5, 5.41) is 5.83. The van der Waals surface area contributed by atoms with Crippen LogP contribution in [0.2, 0.25) is 0 Å². The highest BCUT2D eigenvalue weighted by Crippen LogP contribution is 2.36. The fraction of sp³-hybridized carbons (Fsp3) is 0.667. The lowest BCUT2D eigenvalue weighted by molar-refractivity contribution is 0.00578. The van der Waals surface area contributed by atoms with E-state index in [9.17, 15) is 4.39 Å². The van der Waals surface area contributed by atoms with Crippen molar-refractivity contribution < 1.29 is 13.7 Å². The van der Waals surface area contributed by atoms with Crippen LogP contribution in [-0.4, -0.2) is 28.5 Å². The SMILES string of the molecule is CC1(C)OB(c2cn[nH]c2F)OC1(C)C. The van der Waals surface area contributed by atoms with Crippen molar-refractivity contribution in [2.45, 2.75) is 38.9 Å². The first-order valence-corrected chi connectivity index (χ1v) is 4.88. The van der Waals surface area contributed by atoms with Crippen molar-refractivity contribution in [2.24, 2.45) is 0 Å². The summed E-state index contributed by atoms with van der Waals surface area (Å²) in [5.41, 5.74) is -0.600. The summed E-state index contributed by atoms with van der Waals surface area (Å²) in [6, 6.07) is 0. The van der Waals surface area contributed by atoms with Crippen LogP contribution in [0.3, 0.4) is 0 Å². The average Bonchev–Trinajstić information content (AvgIpc) is 2.55. The molecule has 0 unspecified atom stereocenters. The van der Waals surface area contributed by atoms with Crippen molar-refractivity contribution >= 4 is 12.6 Å². The fourth-order valence-electron chi connectivity index (χ4n) is 1.41. The molecule has 1 aromatic rings. The lowest BCUT2D eigenvalue weighted by Gasteiger charge is -2.32. The molecular formula is C9H14BFN2O2. The Kier molecular flexibility index (Phi) is 2.17. The number of rotatable bonds is 1. The zero-order chi connectivity index (χ0) is 11.3. The van der Waals surface area contributed by atoms with E-state index in [1.54, 1.807) is 0 Å². The van der Waals surface area contributed by atoms with Crippen LogP contribution < -0.4 is 5.46 Å². The molecule has 1 N–H and O–H groups in total. The van der Waals surface area contributed by atoms with Crippen molar-refractivity contribution in [3.05, 3.63) is 12.1 Å². The first-order chi connectivity index (χ1) is 6.83. The predicted octanol–water partition coefficient (Wildman–Crippen LogP) is 0.848. The summed E-state index contributed by atoms with van der Waals surface area (Å²) in [5.74, 6) is -0.506. The van der Waals surface area contributed by atoms with Gasteiger partial charge in [0.15, 0.2) is 0 Å². The lowest BCUT2D eigenvalue weighted by atomic mass is 9.81. The normalized spacial score (nSPS) is 23.4. The van der Waals surface area contributed by atoms with Crippen LogP contribution in [-0.2, 0) is 9.31 Å². The molecule has 0 radical (unpaired) electrons. The van der Waals surface area contributed by atoms with Gasteiger partial charge in [0.25, 0.3) is 0 Å². The molecule has 1 aromatic heterocycles. The van der Waals surface area contributed by atoms with Crippen molar-refractivity contribution in [1.82, 2.24) is 10.2 Å². The van der Waals surface area contributed by atoms with Gasteiger partial charge >= 0.3 is 7.12 Å². The third-order valence-electron chi connectivity index (χ3n) is 3.13. The summed E-state index contributed by atoms with van der Waals surface area (Å²) in [4.78, 5) is 0. The number of aromatic amines is 1. The highest BCUT2D eigenvalue weighted by molar-refractivity contribution is 6.62. The van der Waals surface area contributed by atoms with Gasteiger partial charge in [-0.1, -0.05) is 0 Å². The minimum Gasteiger partial charge on any atom is -0.399 e. The molecule has 4 nitrogen and oxygen atoms in total. The molecular weight excluding hydrogens is 198 g/mol. The van der Waals surface area contributed by atoms with E-state index in [1.807, 2.05) is 27.7 Å². The van der Waals surface area contributed by atoms with Crippen molar-refractivity contribution in [1.29, 1.82) is 0 Å². The summed E-state index contributed by atoms with van der Waals surface area (Å²) in [7, 11) is -0.686. The summed E-state index contributed by atoms with van der Waals surface area (Å²) in [6.07, 6.45) is 1.39. The third-order valence-corrected chi connectivity index (χ3v) is 3.13. The van der Waals surface area contributed by atoms with E-state index in [0.29, 0.717) is 5.46 Å². The Bertz CT molecular complexity index is 362. The predicted molar refractivity (Wildman–Crippen MR) is 54.3 cm³/mol. The van der Waals surface area contributed by atoms with Gasteiger partial charge in [-0.25, -0.2) is 0 Å². The fourth-order valence-corrected chi connectivity index (χ4v) is 1.41. The second-order valence-electron chi connectivity index (χ2n) is 4.73. The maximum atomic E-state index is 13.2.